The summed E-state index contributed by atoms with van der Waals surface area (Å²) >= 11 is 6.15. The Hall–Kier alpha value is -1.22. The molecule has 2 aromatic carbocycles. The minimum atomic E-state index is 0. The standard InChI is InChI=1S/C20H26ClNO.ClH/c1-2-3-4-7-13-22-15-17-9-8-11-19(14-17)23-16-18-10-5-6-12-20(18)21;/h5-6,8-12,14,22H,2-4,7,13,15-16H2,1H3;1H. The number of hydrogen-bond donors (Lipinski definition) is 1. The van der Waals surface area contributed by atoms with Crippen molar-refractivity contribution in [2.45, 2.75) is 45.8 Å². The van der Waals surface area contributed by atoms with Gasteiger partial charge in [-0.1, -0.05) is 68.1 Å². The van der Waals surface area contributed by atoms with Gasteiger partial charge >= 0.3 is 0 Å². The van der Waals surface area contributed by atoms with Gasteiger partial charge in [-0.05, 0) is 36.7 Å². The van der Waals surface area contributed by atoms with Gasteiger partial charge in [0.15, 0.2) is 0 Å². The molecule has 0 atom stereocenters. The van der Waals surface area contributed by atoms with Crippen molar-refractivity contribution in [3.8, 4) is 5.75 Å². The highest BCUT2D eigenvalue weighted by molar-refractivity contribution is 6.31. The van der Waals surface area contributed by atoms with Gasteiger partial charge in [-0.15, -0.1) is 12.4 Å². The zero-order chi connectivity index (χ0) is 16.3. The highest BCUT2D eigenvalue weighted by Gasteiger charge is 2.01. The van der Waals surface area contributed by atoms with E-state index in [1.165, 1.54) is 31.2 Å². The zero-order valence-corrected chi connectivity index (χ0v) is 15.8. The van der Waals surface area contributed by atoms with Crippen molar-refractivity contribution in [1.29, 1.82) is 0 Å². The van der Waals surface area contributed by atoms with Crippen LogP contribution in [0.4, 0.5) is 0 Å². The molecule has 0 radical (unpaired) electrons. The minimum Gasteiger partial charge on any atom is -0.489 e. The summed E-state index contributed by atoms with van der Waals surface area (Å²) in [6.07, 6.45) is 5.17. The first-order valence-corrected chi connectivity index (χ1v) is 8.83. The van der Waals surface area contributed by atoms with Crippen molar-refractivity contribution in [2.24, 2.45) is 0 Å². The van der Waals surface area contributed by atoms with E-state index in [4.69, 9.17) is 16.3 Å². The molecule has 2 nitrogen and oxygen atoms in total. The predicted molar refractivity (Wildman–Crippen MR) is 105 cm³/mol. The fraction of sp³-hybridized carbons (Fsp3) is 0.400. The molecule has 4 heteroatoms. The van der Waals surface area contributed by atoms with Crippen molar-refractivity contribution in [3.63, 3.8) is 0 Å². The molecule has 0 saturated carbocycles. The molecular formula is C20H27Cl2NO. The maximum atomic E-state index is 6.15. The first-order valence-electron chi connectivity index (χ1n) is 8.45. The first kappa shape index (κ1) is 20.8. The lowest BCUT2D eigenvalue weighted by Gasteiger charge is -2.10. The van der Waals surface area contributed by atoms with Crippen LogP contribution in [-0.4, -0.2) is 6.54 Å². The third-order valence-electron chi connectivity index (χ3n) is 3.79. The Balaban J connectivity index is 0.00000288. The van der Waals surface area contributed by atoms with E-state index in [0.717, 1.165) is 29.4 Å². The topological polar surface area (TPSA) is 21.3 Å². The van der Waals surface area contributed by atoms with Crippen molar-refractivity contribution in [2.75, 3.05) is 6.54 Å². The third kappa shape index (κ3) is 7.57. The van der Waals surface area contributed by atoms with Crippen LogP contribution in [-0.2, 0) is 13.2 Å². The molecule has 2 aromatic rings. The number of hydrogen-bond acceptors (Lipinski definition) is 2. The molecule has 0 bridgehead atoms. The van der Waals surface area contributed by atoms with Crippen LogP contribution in [0.5, 0.6) is 5.75 Å². The largest absolute Gasteiger partial charge is 0.489 e. The lowest BCUT2D eigenvalue weighted by molar-refractivity contribution is 0.306. The highest BCUT2D eigenvalue weighted by Crippen LogP contribution is 2.19. The van der Waals surface area contributed by atoms with Gasteiger partial charge in [0.1, 0.15) is 12.4 Å². The Morgan fingerprint density at radius 3 is 2.62 bits per heavy atom. The van der Waals surface area contributed by atoms with Crippen LogP contribution < -0.4 is 10.1 Å². The summed E-state index contributed by atoms with van der Waals surface area (Å²) in [5.74, 6) is 0.884. The van der Waals surface area contributed by atoms with E-state index in [-0.39, 0.29) is 12.4 Å². The number of halogens is 2. The second-order valence-electron chi connectivity index (χ2n) is 5.76. The SMILES string of the molecule is CCCCCCNCc1cccc(OCc2ccccc2Cl)c1.Cl. The summed E-state index contributed by atoms with van der Waals surface area (Å²) in [6, 6.07) is 16.0. The normalized spacial score (nSPS) is 10.2. The second-order valence-corrected chi connectivity index (χ2v) is 6.17. The fourth-order valence-electron chi connectivity index (χ4n) is 2.43. The van der Waals surface area contributed by atoms with Crippen LogP contribution in [0.15, 0.2) is 48.5 Å². The zero-order valence-electron chi connectivity index (χ0n) is 14.3. The van der Waals surface area contributed by atoms with Gasteiger partial charge in [-0.25, -0.2) is 0 Å². The maximum absolute atomic E-state index is 6.15. The molecule has 0 aliphatic heterocycles. The maximum Gasteiger partial charge on any atom is 0.120 e. The molecule has 0 spiro atoms. The van der Waals surface area contributed by atoms with E-state index < -0.39 is 0 Å². The average molecular weight is 368 g/mol. The number of unbranched alkanes of at least 4 members (excludes halogenated alkanes) is 3. The van der Waals surface area contributed by atoms with Crippen molar-refractivity contribution >= 4 is 24.0 Å². The summed E-state index contributed by atoms with van der Waals surface area (Å²) in [5, 5.41) is 4.24. The predicted octanol–water partition coefficient (Wildman–Crippen LogP) is 6.01. The molecule has 0 amide bonds. The number of nitrogens with one attached hydrogen (secondary N) is 1. The molecule has 0 aliphatic rings. The minimum absolute atomic E-state index is 0. The summed E-state index contributed by atoms with van der Waals surface area (Å²) in [5.41, 5.74) is 2.26. The second kappa shape index (κ2) is 12.2. The molecule has 0 aromatic heterocycles. The first-order chi connectivity index (χ1) is 11.3. The molecule has 2 rings (SSSR count). The highest BCUT2D eigenvalue weighted by atomic mass is 35.5. The molecule has 132 valence electrons. The molecule has 0 unspecified atom stereocenters. The van der Waals surface area contributed by atoms with Crippen LogP contribution in [0.2, 0.25) is 5.02 Å². The van der Waals surface area contributed by atoms with Crippen molar-refractivity contribution < 1.29 is 4.74 Å². The average Bonchev–Trinajstić information content (AvgIpc) is 2.58. The number of ether oxygens (including phenoxy) is 1. The summed E-state index contributed by atoms with van der Waals surface area (Å²) in [4.78, 5) is 0. The number of benzene rings is 2. The van der Waals surface area contributed by atoms with E-state index in [9.17, 15) is 0 Å². The fourth-order valence-corrected chi connectivity index (χ4v) is 2.62. The molecule has 24 heavy (non-hydrogen) atoms. The van der Waals surface area contributed by atoms with Gasteiger partial charge in [0.25, 0.3) is 0 Å². The van der Waals surface area contributed by atoms with Gasteiger partial charge in [0, 0.05) is 17.1 Å². The van der Waals surface area contributed by atoms with Crippen LogP contribution in [0, 0.1) is 0 Å². The van der Waals surface area contributed by atoms with Crippen molar-refractivity contribution in [3.05, 3.63) is 64.7 Å². The molecule has 0 aliphatic carbocycles. The lowest BCUT2D eigenvalue weighted by Crippen LogP contribution is -2.14. The quantitative estimate of drug-likeness (QED) is 0.519. The van der Waals surface area contributed by atoms with E-state index in [1.54, 1.807) is 0 Å². The van der Waals surface area contributed by atoms with Gasteiger partial charge in [-0.3, -0.25) is 0 Å². The van der Waals surface area contributed by atoms with Gasteiger partial charge in [0.05, 0.1) is 0 Å². The van der Waals surface area contributed by atoms with Gasteiger partial charge in [0.2, 0.25) is 0 Å². The Kier molecular flexibility index (Phi) is 10.6. The van der Waals surface area contributed by atoms with Crippen LogP contribution in [0.3, 0.4) is 0 Å². The van der Waals surface area contributed by atoms with Crippen LogP contribution in [0.1, 0.15) is 43.7 Å². The van der Waals surface area contributed by atoms with E-state index in [0.29, 0.717) is 6.61 Å². The summed E-state index contributed by atoms with van der Waals surface area (Å²) in [6.45, 7) is 4.69. The summed E-state index contributed by atoms with van der Waals surface area (Å²) < 4.78 is 5.86. The molecule has 0 fully saturated rings. The van der Waals surface area contributed by atoms with Crippen LogP contribution >= 0.6 is 24.0 Å². The Morgan fingerprint density at radius 2 is 1.83 bits per heavy atom. The van der Waals surface area contributed by atoms with Crippen LogP contribution in [0.25, 0.3) is 0 Å². The smallest absolute Gasteiger partial charge is 0.120 e. The molecule has 0 saturated heterocycles. The number of rotatable bonds is 10. The molecule has 0 heterocycles. The van der Waals surface area contributed by atoms with Crippen molar-refractivity contribution in [1.82, 2.24) is 5.32 Å². The van der Waals surface area contributed by atoms with E-state index in [1.807, 2.05) is 36.4 Å². The lowest BCUT2D eigenvalue weighted by atomic mass is 10.2. The van der Waals surface area contributed by atoms with Gasteiger partial charge in [-0.2, -0.15) is 0 Å². The molecular weight excluding hydrogens is 341 g/mol. The third-order valence-corrected chi connectivity index (χ3v) is 4.16. The Morgan fingerprint density at radius 1 is 1.00 bits per heavy atom. The van der Waals surface area contributed by atoms with Gasteiger partial charge < -0.3 is 10.1 Å². The molecule has 1 N–H and O–H groups in total. The summed E-state index contributed by atoms with van der Waals surface area (Å²) in [7, 11) is 0. The van der Waals surface area contributed by atoms with E-state index in [2.05, 4.69) is 24.4 Å². The monoisotopic (exact) mass is 367 g/mol. The van der Waals surface area contributed by atoms with E-state index >= 15 is 0 Å². The Bertz CT molecular complexity index is 589. The Labute approximate surface area is 157 Å².